The van der Waals surface area contributed by atoms with Crippen LogP contribution in [0.5, 0.6) is 0 Å². The van der Waals surface area contributed by atoms with Gasteiger partial charge in [0.15, 0.2) is 0 Å². The lowest BCUT2D eigenvalue weighted by atomic mass is 9.88. The van der Waals surface area contributed by atoms with Gasteiger partial charge >= 0.3 is 0 Å². The fourth-order valence-corrected chi connectivity index (χ4v) is 4.81. The number of hydrogen-bond donors (Lipinski definition) is 1. The molecule has 0 aromatic carbocycles. The molecule has 1 saturated heterocycles. The van der Waals surface area contributed by atoms with Crippen LogP contribution in [0.3, 0.4) is 0 Å². The quantitative estimate of drug-likeness (QED) is 0.863. The van der Waals surface area contributed by atoms with E-state index in [0.29, 0.717) is 11.6 Å². The van der Waals surface area contributed by atoms with E-state index < -0.39 is 0 Å². The van der Waals surface area contributed by atoms with Crippen molar-refractivity contribution >= 4 is 22.9 Å². The molecule has 0 spiro atoms. The second kappa shape index (κ2) is 6.19. The van der Waals surface area contributed by atoms with Crippen LogP contribution in [0, 0.1) is 11.8 Å². The summed E-state index contributed by atoms with van der Waals surface area (Å²) in [6.07, 6.45) is 4.06. The highest BCUT2D eigenvalue weighted by molar-refractivity contribution is 7.16. The molecule has 21 heavy (non-hydrogen) atoms. The molecule has 2 fully saturated rings. The molecule has 118 valence electrons. The van der Waals surface area contributed by atoms with Crippen molar-refractivity contribution < 1.29 is 0 Å². The van der Waals surface area contributed by atoms with Crippen molar-refractivity contribution in [1.82, 2.24) is 10.2 Å². The smallest absolute Gasteiger partial charge is 0.0931 e. The van der Waals surface area contributed by atoms with Crippen molar-refractivity contribution in [2.24, 2.45) is 11.8 Å². The summed E-state index contributed by atoms with van der Waals surface area (Å²) in [7, 11) is 0. The van der Waals surface area contributed by atoms with Crippen LogP contribution in [-0.4, -0.2) is 29.6 Å². The zero-order chi connectivity index (χ0) is 15.0. The largest absolute Gasteiger partial charge is 0.311 e. The van der Waals surface area contributed by atoms with E-state index in [-0.39, 0.29) is 0 Å². The predicted molar refractivity (Wildman–Crippen MR) is 92.1 cm³/mol. The van der Waals surface area contributed by atoms with Gasteiger partial charge in [-0.05, 0) is 50.2 Å². The number of thiophene rings is 1. The molecule has 1 aliphatic heterocycles. The Morgan fingerprint density at radius 1 is 1.43 bits per heavy atom. The van der Waals surface area contributed by atoms with E-state index in [1.807, 2.05) is 6.07 Å². The Hall–Kier alpha value is -0.0900. The summed E-state index contributed by atoms with van der Waals surface area (Å²) in [5.41, 5.74) is 0.323. The third-order valence-corrected chi connectivity index (χ3v) is 6.32. The molecule has 1 aromatic heterocycles. The summed E-state index contributed by atoms with van der Waals surface area (Å²) >= 11 is 7.84. The molecule has 2 unspecified atom stereocenters. The first-order chi connectivity index (χ1) is 9.97. The molecule has 1 saturated carbocycles. The normalized spacial score (nSPS) is 31.0. The number of halogens is 1. The molecule has 2 nitrogen and oxygen atoms in total. The number of hydrogen-bond acceptors (Lipinski definition) is 3. The number of nitrogens with one attached hydrogen (secondary N) is 1. The molecule has 0 radical (unpaired) electrons. The summed E-state index contributed by atoms with van der Waals surface area (Å²) in [4.78, 5) is 4.13. The van der Waals surface area contributed by atoms with Gasteiger partial charge in [-0.1, -0.05) is 25.4 Å². The molecular weight excluding hydrogens is 300 g/mol. The van der Waals surface area contributed by atoms with Crippen molar-refractivity contribution in [1.29, 1.82) is 0 Å². The molecule has 2 heterocycles. The number of nitrogens with zero attached hydrogens (tertiary/aromatic N) is 1. The van der Waals surface area contributed by atoms with E-state index >= 15 is 0 Å². The lowest BCUT2D eigenvalue weighted by Crippen LogP contribution is -2.64. The predicted octanol–water partition coefficient (Wildman–Crippen LogP) is 4.39. The number of piperazine rings is 1. The molecule has 0 amide bonds. The Bertz CT molecular complexity index is 483. The minimum atomic E-state index is 0.323. The van der Waals surface area contributed by atoms with Crippen LogP contribution in [0.15, 0.2) is 12.1 Å². The van der Waals surface area contributed by atoms with Crippen molar-refractivity contribution in [2.75, 3.05) is 13.1 Å². The van der Waals surface area contributed by atoms with Gasteiger partial charge in [0.05, 0.1) is 4.34 Å². The van der Waals surface area contributed by atoms with Crippen LogP contribution in [0.25, 0.3) is 0 Å². The Labute approximate surface area is 137 Å². The third kappa shape index (κ3) is 3.64. The first-order valence-electron chi connectivity index (χ1n) is 8.20. The van der Waals surface area contributed by atoms with Crippen LogP contribution in [-0.2, 0) is 6.54 Å². The molecule has 1 aromatic rings. The molecule has 1 aliphatic carbocycles. The van der Waals surface area contributed by atoms with E-state index in [1.54, 1.807) is 11.3 Å². The third-order valence-electron chi connectivity index (χ3n) is 5.10. The Balaban J connectivity index is 1.73. The average Bonchev–Trinajstić information content (AvgIpc) is 3.18. The minimum Gasteiger partial charge on any atom is -0.311 e. The maximum Gasteiger partial charge on any atom is 0.0931 e. The van der Waals surface area contributed by atoms with Gasteiger partial charge in [-0.25, -0.2) is 0 Å². The van der Waals surface area contributed by atoms with Crippen molar-refractivity contribution in [3.05, 3.63) is 21.3 Å². The maximum atomic E-state index is 6.11. The van der Waals surface area contributed by atoms with E-state index in [0.717, 1.165) is 29.3 Å². The van der Waals surface area contributed by atoms with E-state index in [4.69, 9.17) is 11.6 Å². The van der Waals surface area contributed by atoms with Gasteiger partial charge in [-0.15, -0.1) is 11.3 Å². The molecular formula is C17H27ClN2S. The highest BCUT2D eigenvalue weighted by atomic mass is 35.5. The highest BCUT2D eigenvalue weighted by Gasteiger charge is 2.48. The molecule has 0 bridgehead atoms. The van der Waals surface area contributed by atoms with Gasteiger partial charge in [0, 0.05) is 36.1 Å². The topological polar surface area (TPSA) is 15.3 Å². The van der Waals surface area contributed by atoms with Crippen LogP contribution in [0.2, 0.25) is 4.34 Å². The lowest BCUT2D eigenvalue weighted by Gasteiger charge is -2.49. The monoisotopic (exact) mass is 326 g/mol. The van der Waals surface area contributed by atoms with Gasteiger partial charge < -0.3 is 5.32 Å². The highest BCUT2D eigenvalue weighted by Crippen LogP contribution is 2.45. The van der Waals surface area contributed by atoms with Crippen LogP contribution < -0.4 is 5.32 Å². The summed E-state index contributed by atoms with van der Waals surface area (Å²) in [6.45, 7) is 10.5. The standard InChI is InChI=1S/C17H27ClN2S/c1-12(2)8-14-9-20(10-15-6-7-16(18)21-15)17(3,11-19-14)13-4-5-13/h6-7,12-14,19H,4-5,8-11H2,1-3H3. The van der Waals surface area contributed by atoms with Gasteiger partial charge in [0.1, 0.15) is 0 Å². The lowest BCUT2D eigenvalue weighted by molar-refractivity contribution is 0.0246. The molecule has 2 atom stereocenters. The second-order valence-corrected chi connectivity index (χ2v) is 9.22. The first kappa shape index (κ1) is 15.8. The van der Waals surface area contributed by atoms with Gasteiger partial charge in [0.2, 0.25) is 0 Å². The van der Waals surface area contributed by atoms with E-state index in [9.17, 15) is 0 Å². The molecule has 1 N–H and O–H groups in total. The van der Waals surface area contributed by atoms with Gasteiger partial charge in [-0.3, -0.25) is 4.90 Å². The fourth-order valence-electron chi connectivity index (χ4n) is 3.71. The SMILES string of the molecule is CC(C)CC1CN(Cc2ccc(Cl)s2)C(C)(C2CC2)CN1. The minimum absolute atomic E-state index is 0.323. The Morgan fingerprint density at radius 3 is 2.76 bits per heavy atom. The Morgan fingerprint density at radius 2 is 2.19 bits per heavy atom. The summed E-state index contributed by atoms with van der Waals surface area (Å²) < 4.78 is 0.909. The van der Waals surface area contributed by atoms with Crippen molar-refractivity contribution in [2.45, 2.75) is 58.2 Å². The molecule has 3 rings (SSSR count). The molecule has 4 heteroatoms. The summed E-state index contributed by atoms with van der Waals surface area (Å²) in [6, 6.07) is 4.86. The Kier molecular flexibility index (Phi) is 4.66. The van der Waals surface area contributed by atoms with Crippen LogP contribution in [0.4, 0.5) is 0 Å². The fraction of sp³-hybridized carbons (Fsp3) is 0.765. The zero-order valence-corrected chi connectivity index (χ0v) is 14.9. The zero-order valence-electron chi connectivity index (χ0n) is 13.4. The second-order valence-electron chi connectivity index (χ2n) is 7.43. The van der Waals surface area contributed by atoms with E-state index in [1.165, 1.54) is 30.7 Å². The van der Waals surface area contributed by atoms with Crippen LogP contribution >= 0.6 is 22.9 Å². The van der Waals surface area contributed by atoms with Gasteiger partial charge in [-0.2, -0.15) is 0 Å². The summed E-state index contributed by atoms with van der Waals surface area (Å²) in [5.74, 6) is 1.63. The van der Waals surface area contributed by atoms with Crippen molar-refractivity contribution in [3.63, 3.8) is 0 Å². The first-order valence-corrected chi connectivity index (χ1v) is 9.39. The summed E-state index contributed by atoms with van der Waals surface area (Å²) in [5, 5.41) is 3.82. The van der Waals surface area contributed by atoms with Crippen LogP contribution in [0.1, 0.15) is 44.9 Å². The van der Waals surface area contributed by atoms with Gasteiger partial charge in [0.25, 0.3) is 0 Å². The van der Waals surface area contributed by atoms with Crippen molar-refractivity contribution in [3.8, 4) is 0 Å². The number of rotatable bonds is 5. The average molecular weight is 327 g/mol. The maximum absolute atomic E-state index is 6.11. The molecule has 2 aliphatic rings. The van der Waals surface area contributed by atoms with E-state index in [2.05, 4.69) is 37.1 Å².